The van der Waals surface area contributed by atoms with Gasteiger partial charge >= 0.3 is 11.8 Å². The van der Waals surface area contributed by atoms with Crippen molar-refractivity contribution in [1.82, 2.24) is 10.6 Å². The Morgan fingerprint density at radius 3 is 2.17 bits per heavy atom. The van der Waals surface area contributed by atoms with E-state index < -0.39 is 11.8 Å². The van der Waals surface area contributed by atoms with Crippen LogP contribution in [0, 0.1) is 6.92 Å². The summed E-state index contributed by atoms with van der Waals surface area (Å²) < 4.78 is 0. The largest absolute Gasteiger partial charge is 0.348 e. The third-order valence-corrected chi connectivity index (χ3v) is 3.97. The van der Waals surface area contributed by atoms with E-state index in [4.69, 9.17) is 0 Å². The molecule has 0 aromatic heterocycles. The average molecular weight is 318 g/mol. The number of rotatable bonds is 10. The number of carbonyl (C=O) groups excluding carboxylic acids is 2. The second-order valence-electron chi connectivity index (χ2n) is 5.99. The van der Waals surface area contributed by atoms with Gasteiger partial charge < -0.3 is 10.6 Å². The third kappa shape index (κ3) is 8.38. The molecule has 1 aromatic rings. The molecule has 0 saturated heterocycles. The molecule has 23 heavy (non-hydrogen) atoms. The standard InChI is InChI=1S/C19H30N2O2/c1-3-4-5-6-7-8-11-14-20-18(22)19(23)21-15-17-13-10-9-12-16(17)2/h9-10,12-13H,3-8,11,14-15H2,1-2H3,(H,20,22)(H,21,23). The van der Waals surface area contributed by atoms with Gasteiger partial charge in [0.25, 0.3) is 0 Å². The SMILES string of the molecule is CCCCCCCCCNC(=O)C(=O)NCc1ccccc1C. The number of unbranched alkanes of at least 4 members (excludes halogenated alkanes) is 6. The maximum Gasteiger partial charge on any atom is 0.309 e. The van der Waals surface area contributed by atoms with Crippen molar-refractivity contribution in [3.63, 3.8) is 0 Å². The number of carbonyl (C=O) groups is 2. The van der Waals surface area contributed by atoms with Gasteiger partial charge in [-0.3, -0.25) is 9.59 Å². The van der Waals surface area contributed by atoms with Crippen LogP contribution in [0.4, 0.5) is 0 Å². The average Bonchev–Trinajstić information content (AvgIpc) is 2.56. The molecule has 0 saturated carbocycles. The van der Waals surface area contributed by atoms with Crippen LogP contribution < -0.4 is 10.6 Å². The Bertz CT molecular complexity index is 486. The summed E-state index contributed by atoms with van der Waals surface area (Å²) in [6.07, 6.45) is 8.36. The van der Waals surface area contributed by atoms with Crippen LogP contribution in [-0.2, 0) is 16.1 Å². The van der Waals surface area contributed by atoms with E-state index in [9.17, 15) is 9.59 Å². The van der Waals surface area contributed by atoms with Gasteiger partial charge in [-0.25, -0.2) is 0 Å². The smallest absolute Gasteiger partial charge is 0.309 e. The van der Waals surface area contributed by atoms with Crippen LogP contribution in [0.15, 0.2) is 24.3 Å². The summed E-state index contributed by atoms with van der Waals surface area (Å²) in [4.78, 5) is 23.4. The van der Waals surface area contributed by atoms with Crippen molar-refractivity contribution in [2.75, 3.05) is 6.54 Å². The number of aryl methyl sites for hydroxylation is 1. The highest BCUT2D eigenvalue weighted by molar-refractivity contribution is 6.35. The number of hydrogen-bond acceptors (Lipinski definition) is 2. The van der Waals surface area contributed by atoms with E-state index in [-0.39, 0.29) is 0 Å². The van der Waals surface area contributed by atoms with E-state index in [1.807, 2.05) is 31.2 Å². The molecule has 1 rings (SSSR count). The summed E-state index contributed by atoms with van der Waals surface area (Å²) in [5.74, 6) is -1.10. The molecular weight excluding hydrogens is 288 g/mol. The number of amides is 2. The Balaban J connectivity index is 2.10. The molecule has 0 fully saturated rings. The molecule has 0 atom stereocenters. The van der Waals surface area contributed by atoms with Gasteiger partial charge in [0.05, 0.1) is 0 Å². The molecule has 4 heteroatoms. The third-order valence-electron chi connectivity index (χ3n) is 3.97. The zero-order valence-corrected chi connectivity index (χ0v) is 14.5. The van der Waals surface area contributed by atoms with Crippen LogP contribution in [0.25, 0.3) is 0 Å². The Morgan fingerprint density at radius 1 is 0.870 bits per heavy atom. The maximum atomic E-state index is 11.7. The Morgan fingerprint density at radius 2 is 1.48 bits per heavy atom. The Kier molecular flexibility index (Phi) is 9.76. The van der Waals surface area contributed by atoms with Gasteiger partial charge in [-0.1, -0.05) is 69.7 Å². The van der Waals surface area contributed by atoms with E-state index in [0.717, 1.165) is 24.0 Å². The zero-order chi connectivity index (χ0) is 16.9. The molecule has 0 aliphatic carbocycles. The van der Waals surface area contributed by atoms with Crippen molar-refractivity contribution in [3.8, 4) is 0 Å². The summed E-state index contributed by atoms with van der Waals surface area (Å²) >= 11 is 0. The fourth-order valence-electron chi connectivity index (χ4n) is 2.43. The van der Waals surface area contributed by atoms with Crippen LogP contribution in [0.5, 0.6) is 0 Å². The number of nitrogens with one attached hydrogen (secondary N) is 2. The quantitative estimate of drug-likeness (QED) is 0.512. The molecule has 0 unspecified atom stereocenters. The van der Waals surface area contributed by atoms with Crippen molar-refractivity contribution >= 4 is 11.8 Å². The molecule has 0 aliphatic rings. The van der Waals surface area contributed by atoms with Gasteiger partial charge in [-0.15, -0.1) is 0 Å². The first-order valence-corrected chi connectivity index (χ1v) is 8.75. The van der Waals surface area contributed by atoms with Gasteiger partial charge in [-0.05, 0) is 24.5 Å². The van der Waals surface area contributed by atoms with E-state index >= 15 is 0 Å². The molecule has 0 bridgehead atoms. The molecular formula is C19H30N2O2. The highest BCUT2D eigenvalue weighted by atomic mass is 16.2. The second kappa shape index (κ2) is 11.7. The van der Waals surface area contributed by atoms with E-state index in [0.29, 0.717) is 13.1 Å². The summed E-state index contributed by atoms with van der Waals surface area (Å²) in [6, 6.07) is 7.82. The van der Waals surface area contributed by atoms with Crippen LogP contribution in [0.3, 0.4) is 0 Å². The summed E-state index contributed by atoms with van der Waals surface area (Å²) in [6.45, 7) is 5.16. The van der Waals surface area contributed by atoms with Crippen LogP contribution >= 0.6 is 0 Å². The highest BCUT2D eigenvalue weighted by Gasteiger charge is 2.12. The van der Waals surface area contributed by atoms with Crippen molar-refractivity contribution in [1.29, 1.82) is 0 Å². The predicted molar refractivity (Wildman–Crippen MR) is 94.0 cm³/mol. The monoisotopic (exact) mass is 318 g/mol. The molecule has 2 amide bonds. The van der Waals surface area contributed by atoms with Crippen molar-refractivity contribution in [3.05, 3.63) is 35.4 Å². The first kappa shape index (κ1) is 19.2. The molecule has 128 valence electrons. The molecule has 0 heterocycles. The lowest BCUT2D eigenvalue weighted by atomic mass is 10.1. The van der Waals surface area contributed by atoms with E-state index in [1.165, 1.54) is 32.1 Å². The van der Waals surface area contributed by atoms with Crippen molar-refractivity contribution in [2.45, 2.75) is 65.3 Å². The predicted octanol–water partition coefficient (Wildman–Crippen LogP) is 3.48. The second-order valence-corrected chi connectivity index (χ2v) is 5.99. The van der Waals surface area contributed by atoms with Crippen LogP contribution in [-0.4, -0.2) is 18.4 Å². The van der Waals surface area contributed by atoms with Gasteiger partial charge in [0, 0.05) is 13.1 Å². The topological polar surface area (TPSA) is 58.2 Å². The Hall–Kier alpha value is -1.84. The minimum absolute atomic E-state index is 0.385. The Labute approximate surface area is 140 Å². The highest BCUT2D eigenvalue weighted by Crippen LogP contribution is 2.07. The number of hydrogen-bond donors (Lipinski definition) is 2. The molecule has 4 nitrogen and oxygen atoms in total. The lowest BCUT2D eigenvalue weighted by Gasteiger charge is -2.08. The molecule has 0 radical (unpaired) electrons. The molecule has 0 aliphatic heterocycles. The van der Waals surface area contributed by atoms with Gasteiger partial charge in [-0.2, -0.15) is 0 Å². The summed E-state index contributed by atoms with van der Waals surface area (Å²) in [5, 5.41) is 5.35. The van der Waals surface area contributed by atoms with Crippen LogP contribution in [0.2, 0.25) is 0 Å². The first-order valence-electron chi connectivity index (χ1n) is 8.75. The lowest BCUT2D eigenvalue weighted by molar-refractivity contribution is -0.139. The van der Waals surface area contributed by atoms with E-state index in [2.05, 4.69) is 17.6 Å². The minimum atomic E-state index is -0.559. The zero-order valence-electron chi connectivity index (χ0n) is 14.5. The molecule has 2 N–H and O–H groups in total. The van der Waals surface area contributed by atoms with Gasteiger partial charge in [0.1, 0.15) is 0 Å². The maximum absolute atomic E-state index is 11.7. The normalized spacial score (nSPS) is 10.3. The fourth-order valence-corrected chi connectivity index (χ4v) is 2.43. The molecule has 1 aromatic carbocycles. The summed E-state index contributed by atoms with van der Waals surface area (Å²) in [7, 11) is 0. The van der Waals surface area contributed by atoms with Crippen molar-refractivity contribution < 1.29 is 9.59 Å². The molecule has 0 spiro atoms. The first-order chi connectivity index (χ1) is 11.1. The number of benzene rings is 1. The van der Waals surface area contributed by atoms with Crippen LogP contribution in [0.1, 0.15) is 63.0 Å². The van der Waals surface area contributed by atoms with Gasteiger partial charge in [0.2, 0.25) is 0 Å². The van der Waals surface area contributed by atoms with Crippen molar-refractivity contribution in [2.24, 2.45) is 0 Å². The summed E-state index contributed by atoms with van der Waals surface area (Å²) in [5.41, 5.74) is 2.14. The minimum Gasteiger partial charge on any atom is -0.348 e. The fraction of sp³-hybridized carbons (Fsp3) is 0.579. The lowest BCUT2D eigenvalue weighted by Crippen LogP contribution is -2.40. The van der Waals surface area contributed by atoms with Gasteiger partial charge in [0.15, 0.2) is 0 Å². The van der Waals surface area contributed by atoms with E-state index in [1.54, 1.807) is 0 Å².